The first-order chi connectivity index (χ1) is 28.8. The zero-order chi connectivity index (χ0) is 38.2. The molecule has 1 aliphatic rings. The number of hydrogen-bond donors (Lipinski definition) is 0. The van der Waals surface area contributed by atoms with Gasteiger partial charge in [-0.1, -0.05) is 115 Å². The first-order valence-corrected chi connectivity index (χ1v) is 20.0. The van der Waals surface area contributed by atoms with Crippen LogP contribution in [0.3, 0.4) is 0 Å². The van der Waals surface area contributed by atoms with Crippen molar-refractivity contribution in [3.05, 3.63) is 212 Å². The second kappa shape index (κ2) is 12.9. The van der Waals surface area contributed by atoms with Crippen LogP contribution in [0.15, 0.2) is 200 Å². The van der Waals surface area contributed by atoms with Gasteiger partial charge in [-0.25, -0.2) is 0 Å². The van der Waals surface area contributed by atoms with Gasteiger partial charge in [-0.05, 0) is 103 Å². The van der Waals surface area contributed by atoms with E-state index < -0.39 is 0 Å². The lowest BCUT2D eigenvalue weighted by molar-refractivity contribution is 0.783. The number of benzene rings is 7. The molecule has 0 amide bonds. The van der Waals surface area contributed by atoms with Gasteiger partial charge in [0.2, 0.25) is 0 Å². The molecule has 4 heteroatoms. The van der Waals surface area contributed by atoms with E-state index in [0.717, 1.165) is 45.6 Å². The third kappa shape index (κ3) is 4.90. The molecule has 58 heavy (non-hydrogen) atoms. The van der Waals surface area contributed by atoms with Crippen molar-refractivity contribution in [2.45, 2.75) is 12.5 Å². The van der Waals surface area contributed by atoms with Gasteiger partial charge in [-0.2, -0.15) is 0 Å². The van der Waals surface area contributed by atoms with Crippen molar-refractivity contribution in [1.29, 1.82) is 0 Å². The second-order valence-electron chi connectivity index (χ2n) is 15.1. The van der Waals surface area contributed by atoms with Crippen LogP contribution in [0.2, 0.25) is 0 Å². The van der Waals surface area contributed by atoms with Crippen LogP contribution >= 0.6 is 0 Å². The van der Waals surface area contributed by atoms with Crippen molar-refractivity contribution in [2.24, 2.45) is 0 Å². The summed E-state index contributed by atoms with van der Waals surface area (Å²) >= 11 is 0. The number of fused-ring (bicyclic) bond motifs is 9. The van der Waals surface area contributed by atoms with E-state index in [1.54, 1.807) is 0 Å². The lowest BCUT2D eigenvalue weighted by Crippen LogP contribution is -2.30. The maximum Gasteiger partial charge on any atom is 0.0631 e. The molecular weight excluding hydrogens is 705 g/mol. The number of allylic oxidation sites excluding steroid dienone is 2. The summed E-state index contributed by atoms with van der Waals surface area (Å²) in [4.78, 5) is 2.49. The Morgan fingerprint density at radius 1 is 0.431 bits per heavy atom. The molecule has 8 aromatic carbocycles. The normalized spacial score (nSPS) is 14.2. The van der Waals surface area contributed by atoms with Gasteiger partial charge in [0.15, 0.2) is 0 Å². The van der Waals surface area contributed by atoms with E-state index >= 15 is 0 Å². The summed E-state index contributed by atoms with van der Waals surface area (Å²) in [5.74, 6) is 0. The average molecular weight is 741 g/mol. The summed E-state index contributed by atoms with van der Waals surface area (Å²) in [6, 6.07) is 72.3. The smallest absolute Gasteiger partial charge is 0.0631 e. The van der Waals surface area contributed by atoms with Crippen molar-refractivity contribution in [1.82, 2.24) is 13.7 Å². The van der Waals surface area contributed by atoms with E-state index in [2.05, 4.69) is 225 Å². The van der Waals surface area contributed by atoms with Gasteiger partial charge >= 0.3 is 0 Å². The molecule has 3 heterocycles. The molecule has 0 N–H and O–H groups in total. The predicted octanol–water partition coefficient (Wildman–Crippen LogP) is 13.6. The molecule has 4 nitrogen and oxygen atoms in total. The van der Waals surface area contributed by atoms with Crippen LogP contribution in [-0.4, -0.2) is 19.7 Å². The first-order valence-electron chi connectivity index (χ1n) is 20.0. The van der Waals surface area contributed by atoms with E-state index in [4.69, 9.17) is 0 Å². The van der Waals surface area contributed by atoms with Crippen LogP contribution in [0.1, 0.15) is 6.42 Å². The molecule has 272 valence electrons. The van der Waals surface area contributed by atoms with E-state index in [0.29, 0.717) is 0 Å². The van der Waals surface area contributed by atoms with Gasteiger partial charge in [0.05, 0.1) is 44.5 Å². The second-order valence-corrected chi connectivity index (χ2v) is 15.1. The summed E-state index contributed by atoms with van der Waals surface area (Å²) in [5.41, 5.74) is 12.9. The van der Waals surface area contributed by atoms with E-state index in [9.17, 15) is 0 Å². The Morgan fingerprint density at radius 2 is 0.862 bits per heavy atom. The number of rotatable bonds is 6. The molecule has 0 spiro atoms. The fraction of sp³-hybridized carbons (Fsp3) is 0.0370. The van der Waals surface area contributed by atoms with Crippen molar-refractivity contribution >= 4 is 82.5 Å². The number of nitrogens with zero attached hydrogens (tertiary/aromatic N) is 4. The molecule has 11 aromatic rings. The van der Waals surface area contributed by atoms with Crippen molar-refractivity contribution in [3.63, 3.8) is 0 Å². The summed E-state index contributed by atoms with van der Waals surface area (Å²) in [7, 11) is 0. The Balaban J connectivity index is 0.965. The van der Waals surface area contributed by atoms with Crippen LogP contribution < -0.4 is 4.90 Å². The minimum Gasteiger partial charge on any atom is -0.334 e. The highest BCUT2D eigenvalue weighted by atomic mass is 15.2. The maximum atomic E-state index is 3.37. The average Bonchev–Trinajstić information content (AvgIpc) is 3.93. The third-order valence-electron chi connectivity index (χ3n) is 12.0. The summed E-state index contributed by atoms with van der Waals surface area (Å²) < 4.78 is 7.14. The molecule has 0 aliphatic heterocycles. The fourth-order valence-electron chi connectivity index (χ4n) is 9.47. The lowest BCUT2D eigenvalue weighted by atomic mass is 10.0. The Kier molecular flexibility index (Phi) is 7.24. The molecule has 0 saturated heterocycles. The molecule has 3 aromatic heterocycles. The summed E-state index contributed by atoms with van der Waals surface area (Å²) in [5, 5.41) is 7.35. The van der Waals surface area contributed by atoms with Crippen molar-refractivity contribution in [3.8, 4) is 11.4 Å². The minimum atomic E-state index is 0.0974. The predicted molar refractivity (Wildman–Crippen MR) is 243 cm³/mol. The van der Waals surface area contributed by atoms with Crippen LogP contribution in [0, 0.1) is 12.1 Å². The van der Waals surface area contributed by atoms with E-state index in [-0.39, 0.29) is 6.04 Å². The molecule has 1 unspecified atom stereocenters. The zero-order valence-corrected chi connectivity index (χ0v) is 31.6. The van der Waals surface area contributed by atoms with Crippen LogP contribution in [-0.2, 0) is 0 Å². The van der Waals surface area contributed by atoms with Crippen molar-refractivity contribution < 1.29 is 0 Å². The SMILES string of the molecule is c1ccc2c(c#1)c1ccccc1n2-c1ccc(N(c2ccc(-n3c4ccccc4c4ccccc43)cc2)C2C=CC(n3c4ccccc4c4ccccc43)=CC2)cc1. The monoisotopic (exact) mass is 740 g/mol. The minimum absolute atomic E-state index is 0.0974. The Hall–Kier alpha value is -7.74. The molecule has 12 rings (SSSR count). The Morgan fingerprint density at radius 3 is 1.34 bits per heavy atom. The van der Waals surface area contributed by atoms with E-state index in [1.807, 2.05) is 6.07 Å². The number of aromatic nitrogens is 3. The Bertz CT molecular complexity index is 3110. The highest BCUT2D eigenvalue weighted by Gasteiger charge is 2.23. The topological polar surface area (TPSA) is 18.0 Å². The van der Waals surface area contributed by atoms with E-state index in [1.165, 1.54) is 54.7 Å². The van der Waals surface area contributed by atoms with Crippen molar-refractivity contribution in [2.75, 3.05) is 4.90 Å². The quantitative estimate of drug-likeness (QED) is 0.166. The van der Waals surface area contributed by atoms with Gasteiger partial charge in [0, 0.05) is 55.4 Å². The number of anilines is 2. The fourth-order valence-corrected chi connectivity index (χ4v) is 9.47. The van der Waals surface area contributed by atoms with Crippen LogP contribution in [0.25, 0.3) is 82.5 Å². The van der Waals surface area contributed by atoms with Crippen LogP contribution in [0.4, 0.5) is 11.4 Å². The van der Waals surface area contributed by atoms with Gasteiger partial charge < -0.3 is 18.6 Å². The lowest BCUT2D eigenvalue weighted by Gasteiger charge is -2.33. The number of para-hydroxylation sites is 5. The molecule has 0 radical (unpaired) electrons. The number of hydrogen-bond acceptors (Lipinski definition) is 1. The largest absolute Gasteiger partial charge is 0.334 e. The first kappa shape index (κ1) is 32.5. The van der Waals surface area contributed by atoms with Gasteiger partial charge in [-0.3, -0.25) is 0 Å². The zero-order valence-electron chi connectivity index (χ0n) is 31.6. The molecular formula is C54H36N4. The third-order valence-corrected chi connectivity index (χ3v) is 12.0. The summed E-state index contributed by atoms with van der Waals surface area (Å²) in [6.45, 7) is 0. The maximum absolute atomic E-state index is 3.37. The van der Waals surface area contributed by atoms with Gasteiger partial charge in [0.1, 0.15) is 0 Å². The van der Waals surface area contributed by atoms with Crippen LogP contribution in [0.5, 0.6) is 0 Å². The Labute approximate surface area is 336 Å². The van der Waals surface area contributed by atoms with Gasteiger partial charge in [0.25, 0.3) is 0 Å². The molecule has 0 saturated carbocycles. The summed E-state index contributed by atoms with van der Waals surface area (Å²) in [6.07, 6.45) is 7.95. The highest BCUT2D eigenvalue weighted by molar-refractivity contribution is 6.11. The van der Waals surface area contributed by atoms with Gasteiger partial charge in [-0.15, -0.1) is 0 Å². The standard InChI is InChI=1S/C54H36N4/c1-7-19-49-43(13-1)44-14-2-8-20-50(44)56(49)40-31-25-37(26-32-40)55(38-27-33-41(34-28-38)57-51-21-9-3-15-45(51)46-16-4-10-22-52(46)57)39-29-35-42(36-30-39)58-53-23-11-5-17-47(53)48-18-6-12-24-54(48)58/h1-5,7-17,19-27,29-36,38H,28H2. The molecule has 0 bridgehead atoms. The molecule has 0 fully saturated rings. The highest BCUT2D eigenvalue weighted by Crippen LogP contribution is 2.39. The molecule has 1 atom stereocenters. The molecule has 1 aliphatic carbocycles.